The summed E-state index contributed by atoms with van der Waals surface area (Å²) < 4.78 is 22.9. The third kappa shape index (κ3) is 4.33. The first kappa shape index (κ1) is 18.1. The Morgan fingerprint density at radius 2 is 1.96 bits per heavy atom. The summed E-state index contributed by atoms with van der Waals surface area (Å²) in [7, 11) is -2.90. The van der Waals surface area contributed by atoms with Crippen LogP contribution >= 0.6 is 11.8 Å². The highest BCUT2D eigenvalue weighted by atomic mass is 32.2. The second kappa shape index (κ2) is 7.36. The molecule has 27 heavy (non-hydrogen) atoms. The van der Waals surface area contributed by atoms with Crippen molar-refractivity contribution >= 4 is 44.2 Å². The molecule has 1 unspecified atom stereocenters. The van der Waals surface area contributed by atoms with Gasteiger partial charge in [0, 0.05) is 16.5 Å². The smallest absolute Gasteiger partial charge is 0.234 e. The summed E-state index contributed by atoms with van der Waals surface area (Å²) in [6, 6.07) is 15.3. The lowest BCUT2D eigenvalue weighted by molar-refractivity contribution is -0.113. The molecule has 140 valence electrons. The van der Waals surface area contributed by atoms with Gasteiger partial charge in [-0.15, -0.1) is 11.8 Å². The Hall–Kier alpha value is -2.32. The van der Waals surface area contributed by atoms with Crippen LogP contribution in [0.15, 0.2) is 48.5 Å². The van der Waals surface area contributed by atoms with Gasteiger partial charge >= 0.3 is 0 Å². The number of aromatic amines is 1. The molecular formula is C19H19N3O3S2. The van der Waals surface area contributed by atoms with Crippen LogP contribution in [-0.4, -0.2) is 46.8 Å². The lowest BCUT2D eigenvalue weighted by Crippen LogP contribution is -2.17. The Bertz CT molecular complexity index is 1040. The first-order valence-electron chi connectivity index (χ1n) is 8.66. The largest absolute Gasteiger partial charge is 0.338 e. The number of hydrogen-bond donors (Lipinski definition) is 2. The van der Waals surface area contributed by atoms with Gasteiger partial charge in [-0.1, -0.05) is 12.1 Å². The molecular weight excluding hydrogens is 382 g/mol. The van der Waals surface area contributed by atoms with Crippen molar-refractivity contribution in [2.45, 2.75) is 11.7 Å². The van der Waals surface area contributed by atoms with Crippen LogP contribution in [0.1, 0.15) is 6.42 Å². The van der Waals surface area contributed by atoms with E-state index < -0.39 is 9.84 Å². The highest BCUT2D eigenvalue weighted by Crippen LogP contribution is 2.25. The Labute approximate surface area is 161 Å². The third-order valence-corrected chi connectivity index (χ3v) is 7.75. The van der Waals surface area contributed by atoms with E-state index in [-0.39, 0.29) is 28.4 Å². The summed E-state index contributed by atoms with van der Waals surface area (Å²) in [5, 5.41) is 2.88. The van der Waals surface area contributed by atoms with Crippen LogP contribution in [0.25, 0.3) is 22.4 Å². The maximum atomic E-state index is 12.1. The van der Waals surface area contributed by atoms with Crippen molar-refractivity contribution < 1.29 is 13.2 Å². The zero-order valence-electron chi connectivity index (χ0n) is 14.5. The van der Waals surface area contributed by atoms with Crippen LogP contribution < -0.4 is 5.32 Å². The molecule has 0 aliphatic carbocycles. The maximum Gasteiger partial charge on any atom is 0.234 e. The van der Waals surface area contributed by atoms with Gasteiger partial charge in [-0.2, -0.15) is 0 Å². The van der Waals surface area contributed by atoms with E-state index in [1.807, 2.05) is 48.5 Å². The second-order valence-corrected chi connectivity index (χ2v) is 10.1. The van der Waals surface area contributed by atoms with Gasteiger partial charge in [-0.25, -0.2) is 13.4 Å². The number of imidazole rings is 1. The van der Waals surface area contributed by atoms with Crippen LogP contribution in [0.2, 0.25) is 0 Å². The van der Waals surface area contributed by atoms with Gasteiger partial charge in [0.1, 0.15) is 5.82 Å². The number of fused-ring (bicyclic) bond motifs is 1. The van der Waals surface area contributed by atoms with Gasteiger partial charge in [0.05, 0.1) is 28.3 Å². The minimum atomic E-state index is -2.90. The molecule has 6 nitrogen and oxygen atoms in total. The van der Waals surface area contributed by atoms with Crippen molar-refractivity contribution in [2.75, 3.05) is 22.6 Å². The van der Waals surface area contributed by atoms with E-state index in [9.17, 15) is 13.2 Å². The Kier molecular flexibility index (Phi) is 4.92. The number of H-pyrrole nitrogens is 1. The van der Waals surface area contributed by atoms with Gasteiger partial charge in [0.25, 0.3) is 0 Å². The molecule has 2 N–H and O–H groups in total. The molecule has 1 aromatic heterocycles. The number of nitrogens with one attached hydrogen (secondary N) is 2. The monoisotopic (exact) mass is 401 g/mol. The summed E-state index contributed by atoms with van der Waals surface area (Å²) in [5.41, 5.74) is 3.54. The predicted molar refractivity (Wildman–Crippen MR) is 110 cm³/mol. The summed E-state index contributed by atoms with van der Waals surface area (Å²) in [6.07, 6.45) is 0.631. The SMILES string of the molecule is O=C(CSC1CCS(=O)(=O)C1)Nc1ccc(-c2nc3ccccc3[nH]2)cc1. The van der Waals surface area contributed by atoms with Gasteiger partial charge < -0.3 is 10.3 Å². The third-order valence-electron chi connectivity index (χ3n) is 4.47. The van der Waals surface area contributed by atoms with Gasteiger partial charge in [-0.05, 0) is 42.8 Å². The maximum absolute atomic E-state index is 12.1. The van der Waals surface area contributed by atoms with Gasteiger partial charge in [0.15, 0.2) is 9.84 Å². The molecule has 2 aromatic carbocycles. The van der Waals surface area contributed by atoms with Crippen molar-refractivity contribution in [1.82, 2.24) is 9.97 Å². The van der Waals surface area contributed by atoms with Crippen LogP contribution in [-0.2, 0) is 14.6 Å². The number of hydrogen-bond acceptors (Lipinski definition) is 5. The van der Waals surface area contributed by atoms with E-state index in [1.54, 1.807) is 0 Å². The van der Waals surface area contributed by atoms with Crippen molar-refractivity contribution in [3.63, 3.8) is 0 Å². The molecule has 3 aromatic rings. The lowest BCUT2D eigenvalue weighted by atomic mass is 10.2. The molecule has 4 rings (SSSR count). The van der Waals surface area contributed by atoms with Crippen molar-refractivity contribution in [3.05, 3.63) is 48.5 Å². The summed E-state index contributed by atoms with van der Waals surface area (Å²) in [4.78, 5) is 19.9. The van der Waals surface area contributed by atoms with Crippen LogP contribution in [0.3, 0.4) is 0 Å². The minimum absolute atomic E-state index is 0.0243. The number of nitrogens with zero attached hydrogens (tertiary/aromatic N) is 1. The molecule has 0 saturated carbocycles. The fourth-order valence-corrected chi connectivity index (χ4v) is 6.53. The van der Waals surface area contributed by atoms with E-state index >= 15 is 0 Å². The minimum Gasteiger partial charge on any atom is -0.338 e. The Morgan fingerprint density at radius 3 is 2.67 bits per heavy atom. The summed E-state index contributed by atoms with van der Waals surface area (Å²) in [5.74, 6) is 1.32. The fraction of sp³-hybridized carbons (Fsp3) is 0.263. The number of para-hydroxylation sites is 2. The highest BCUT2D eigenvalue weighted by molar-refractivity contribution is 8.02. The van der Waals surface area contributed by atoms with Crippen molar-refractivity contribution in [1.29, 1.82) is 0 Å². The normalized spacial score (nSPS) is 18.6. The zero-order chi connectivity index (χ0) is 18.9. The number of carbonyl (C=O) groups excluding carboxylic acids is 1. The molecule has 1 aliphatic heterocycles. The number of amides is 1. The topological polar surface area (TPSA) is 91.9 Å². The van der Waals surface area contributed by atoms with E-state index in [4.69, 9.17) is 0 Å². The van der Waals surface area contributed by atoms with E-state index in [1.165, 1.54) is 11.8 Å². The van der Waals surface area contributed by atoms with Crippen LogP contribution in [0.4, 0.5) is 5.69 Å². The fourth-order valence-electron chi connectivity index (χ4n) is 3.08. The molecule has 1 amide bonds. The predicted octanol–water partition coefficient (Wildman–Crippen LogP) is 3.09. The van der Waals surface area contributed by atoms with Crippen molar-refractivity contribution in [2.24, 2.45) is 0 Å². The van der Waals surface area contributed by atoms with Gasteiger partial charge in [0.2, 0.25) is 5.91 Å². The lowest BCUT2D eigenvalue weighted by Gasteiger charge is -2.08. The number of aromatic nitrogens is 2. The number of benzene rings is 2. The van der Waals surface area contributed by atoms with E-state index in [2.05, 4.69) is 15.3 Å². The second-order valence-electron chi connectivity index (χ2n) is 6.56. The highest BCUT2D eigenvalue weighted by Gasteiger charge is 2.28. The Balaban J connectivity index is 1.35. The number of carbonyl (C=O) groups is 1. The standard InChI is InChI=1S/C19H19N3O3S2/c23-18(11-26-15-9-10-27(24,25)12-15)20-14-7-5-13(6-8-14)19-21-16-3-1-2-4-17(16)22-19/h1-8,15H,9-12H2,(H,20,23)(H,21,22). The number of rotatable bonds is 5. The molecule has 0 bridgehead atoms. The average Bonchev–Trinajstić information content (AvgIpc) is 3.23. The summed E-state index contributed by atoms with van der Waals surface area (Å²) in [6.45, 7) is 0. The molecule has 0 radical (unpaired) electrons. The molecule has 1 atom stereocenters. The molecule has 0 spiro atoms. The van der Waals surface area contributed by atoms with Crippen LogP contribution in [0.5, 0.6) is 0 Å². The molecule has 1 fully saturated rings. The van der Waals surface area contributed by atoms with Crippen LogP contribution in [0, 0.1) is 0 Å². The van der Waals surface area contributed by atoms with Crippen molar-refractivity contribution in [3.8, 4) is 11.4 Å². The van der Waals surface area contributed by atoms with E-state index in [0.29, 0.717) is 12.1 Å². The molecule has 2 heterocycles. The number of anilines is 1. The molecule has 8 heteroatoms. The number of sulfone groups is 1. The zero-order valence-corrected chi connectivity index (χ0v) is 16.1. The first-order valence-corrected chi connectivity index (χ1v) is 11.5. The number of thioether (sulfide) groups is 1. The quantitative estimate of drug-likeness (QED) is 0.685. The van der Waals surface area contributed by atoms with E-state index in [0.717, 1.165) is 22.4 Å². The first-order chi connectivity index (χ1) is 13.0. The summed E-state index contributed by atoms with van der Waals surface area (Å²) >= 11 is 1.41. The van der Waals surface area contributed by atoms with Gasteiger partial charge in [-0.3, -0.25) is 4.79 Å². The molecule has 1 saturated heterocycles. The Morgan fingerprint density at radius 1 is 1.19 bits per heavy atom. The average molecular weight is 402 g/mol. The molecule has 1 aliphatic rings.